The molecule has 5 heterocycles. The molecule has 1 aromatic carbocycles. The third-order valence-electron chi connectivity index (χ3n) is 7.26. The van der Waals surface area contributed by atoms with Crippen LogP contribution in [0.5, 0.6) is 6.01 Å². The topological polar surface area (TPSA) is 130 Å². The number of aliphatic hydroxyl groups excluding tert-OH is 1. The molecule has 3 fully saturated rings. The molecule has 12 heteroatoms. The number of fused-ring (bicyclic) bond motifs is 4. The summed E-state index contributed by atoms with van der Waals surface area (Å²) >= 11 is 0. The van der Waals surface area contributed by atoms with Crippen LogP contribution >= 0.6 is 0 Å². The third-order valence-corrected chi connectivity index (χ3v) is 7.26. The lowest BCUT2D eigenvalue weighted by Gasteiger charge is -2.36. The Hall–Kier alpha value is -2.61. The molecule has 4 aliphatic heterocycles. The highest BCUT2D eigenvalue weighted by atomic mass is 16.9. The average Bonchev–Trinajstić information content (AvgIpc) is 3.40. The number of aliphatic hydroxyl groups is 1. The third kappa shape index (κ3) is 5.67. The van der Waals surface area contributed by atoms with Crippen molar-refractivity contribution in [2.45, 2.75) is 89.4 Å². The van der Waals surface area contributed by atoms with E-state index in [1.54, 1.807) is 0 Å². The minimum Gasteiger partial charge on any atom is -0.460 e. The zero-order valence-electron chi connectivity index (χ0n) is 22.8. The standard InChI is InChI=1S/C27H37N5O7/c1-26(2)36-19-18(35-22-21(20(19)37-26)38-27(3,4)39-22)15-34-25-30-23(28-11-7-13-33)29-24(31-25)32-12-10-16-8-5-6-9-17(16)14-32/h5-6,8-9,18-22,33H,7,10-15H2,1-4H3,(H,28,29,30,31)/t18-,19+,20+,21-,22-/m1/s1. The molecule has 5 atom stereocenters. The number of anilines is 2. The van der Waals surface area contributed by atoms with Crippen molar-refractivity contribution >= 4 is 11.9 Å². The van der Waals surface area contributed by atoms with Gasteiger partial charge in [-0.1, -0.05) is 24.3 Å². The quantitative estimate of drug-likeness (QED) is 0.473. The van der Waals surface area contributed by atoms with Gasteiger partial charge in [-0.05, 0) is 51.7 Å². The minimum atomic E-state index is -0.795. The summed E-state index contributed by atoms with van der Waals surface area (Å²) in [6, 6.07) is 8.58. The van der Waals surface area contributed by atoms with Crippen molar-refractivity contribution in [3.8, 4) is 6.01 Å². The van der Waals surface area contributed by atoms with Gasteiger partial charge in [-0.15, -0.1) is 0 Å². The maximum Gasteiger partial charge on any atom is 0.323 e. The highest BCUT2D eigenvalue weighted by Gasteiger charge is 2.60. The van der Waals surface area contributed by atoms with Gasteiger partial charge in [-0.3, -0.25) is 0 Å². The van der Waals surface area contributed by atoms with Crippen molar-refractivity contribution in [3.05, 3.63) is 35.4 Å². The summed E-state index contributed by atoms with van der Waals surface area (Å²) in [4.78, 5) is 15.9. The van der Waals surface area contributed by atoms with Crippen molar-refractivity contribution in [1.29, 1.82) is 0 Å². The Balaban J connectivity index is 1.21. The van der Waals surface area contributed by atoms with Gasteiger partial charge in [0.05, 0.1) is 0 Å². The molecule has 12 nitrogen and oxygen atoms in total. The molecular weight excluding hydrogens is 506 g/mol. The molecule has 6 rings (SSSR count). The number of aromatic nitrogens is 3. The average molecular weight is 544 g/mol. The molecule has 0 bridgehead atoms. The summed E-state index contributed by atoms with van der Waals surface area (Å²) in [5, 5.41) is 12.4. The van der Waals surface area contributed by atoms with Crippen molar-refractivity contribution in [1.82, 2.24) is 15.0 Å². The van der Waals surface area contributed by atoms with Gasteiger partial charge in [0, 0.05) is 26.2 Å². The molecule has 2 aromatic rings. The molecular formula is C27H37N5O7. The molecule has 2 N–H and O–H groups in total. The number of rotatable bonds is 8. The van der Waals surface area contributed by atoms with Gasteiger partial charge in [0.25, 0.3) is 0 Å². The molecule has 1 aromatic heterocycles. The Kier molecular flexibility index (Phi) is 7.11. The summed E-state index contributed by atoms with van der Waals surface area (Å²) < 4.78 is 36.9. The van der Waals surface area contributed by atoms with E-state index < -0.39 is 36.2 Å². The van der Waals surface area contributed by atoms with E-state index in [1.165, 1.54) is 11.1 Å². The molecule has 0 aliphatic carbocycles. The number of benzene rings is 1. The van der Waals surface area contributed by atoms with E-state index in [4.69, 9.17) is 28.4 Å². The van der Waals surface area contributed by atoms with Crippen LogP contribution in [0.3, 0.4) is 0 Å². The van der Waals surface area contributed by atoms with Crippen LogP contribution in [-0.4, -0.2) is 88.6 Å². The molecule has 0 unspecified atom stereocenters. The van der Waals surface area contributed by atoms with Crippen LogP contribution < -0.4 is 15.0 Å². The normalized spacial score (nSPS) is 30.4. The fourth-order valence-electron chi connectivity index (χ4n) is 5.56. The first-order valence-electron chi connectivity index (χ1n) is 13.6. The Morgan fingerprint density at radius 2 is 1.72 bits per heavy atom. The van der Waals surface area contributed by atoms with E-state index in [2.05, 4.69) is 43.4 Å². The lowest BCUT2D eigenvalue weighted by molar-refractivity contribution is -0.238. The predicted molar refractivity (Wildman–Crippen MR) is 139 cm³/mol. The van der Waals surface area contributed by atoms with Gasteiger partial charge in [0.1, 0.15) is 31.0 Å². The highest BCUT2D eigenvalue weighted by molar-refractivity contribution is 5.43. The van der Waals surface area contributed by atoms with Crippen molar-refractivity contribution in [3.63, 3.8) is 0 Å². The van der Waals surface area contributed by atoms with Gasteiger partial charge in [-0.2, -0.15) is 15.0 Å². The van der Waals surface area contributed by atoms with E-state index in [-0.39, 0.29) is 25.3 Å². The second-order valence-corrected chi connectivity index (χ2v) is 11.2. The molecule has 3 saturated heterocycles. The summed E-state index contributed by atoms with van der Waals surface area (Å²) in [5.41, 5.74) is 2.59. The van der Waals surface area contributed by atoms with Crippen LogP contribution in [0.2, 0.25) is 0 Å². The second-order valence-electron chi connectivity index (χ2n) is 11.2. The van der Waals surface area contributed by atoms with E-state index >= 15 is 0 Å². The Morgan fingerprint density at radius 1 is 0.974 bits per heavy atom. The van der Waals surface area contributed by atoms with Crippen molar-refractivity contribution < 1.29 is 33.5 Å². The summed E-state index contributed by atoms with van der Waals surface area (Å²) in [6.07, 6.45) is -0.822. The second kappa shape index (κ2) is 10.4. The van der Waals surface area contributed by atoms with E-state index in [0.29, 0.717) is 31.4 Å². The Labute approximate surface area is 227 Å². The Bertz CT molecular complexity index is 1180. The maximum atomic E-state index is 9.21. The highest BCUT2D eigenvalue weighted by Crippen LogP contribution is 2.44. The molecule has 0 spiro atoms. The molecule has 39 heavy (non-hydrogen) atoms. The summed E-state index contributed by atoms with van der Waals surface area (Å²) in [6.45, 7) is 9.65. The van der Waals surface area contributed by atoms with Crippen molar-refractivity contribution in [2.24, 2.45) is 0 Å². The zero-order chi connectivity index (χ0) is 27.2. The fourth-order valence-corrected chi connectivity index (χ4v) is 5.56. The van der Waals surface area contributed by atoms with Crippen LogP contribution in [0.1, 0.15) is 45.2 Å². The zero-order valence-corrected chi connectivity index (χ0v) is 22.8. The SMILES string of the molecule is CC1(C)O[C@H]2[C@@H](O1)[C@@H](COc1nc(NCCCO)nc(N3CCc4ccccc4C3)n1)O[C@@H]1OC(C)(C)O[C@@H]12. The molecule has 0 amide bonds. The van der Waals surface area contributed by atoms with Crippen LogP contribution in [0.4, 0.5) is 11.9 Å². The molecule has 0 radical (unpaired) electrons. The van der Waals surface area contributed by atoms with Crippen LogP contribution in [0, 0.1) is 0 Å². The number of ether oxygens (including phenoxy) is 6. The lowest BCUT2D eigenvalue weighted by Crippen LogP contribution is -2.56. The number of hydrogen-bond donors (Lipinski definition) is 2. The summed E-state index contributed by atoms with van der Waals surface area (Å²) in [5.74, 6) is -0.673. The molecule has 0 saturated carbocycles. The summed E-state index contributed by atoms with van der Waals surface area (Å²) in [7, 11) is 0. The van der Waals surface area contributed by atoms with Gasteiger partial charge in [0.15, 0.2) is 17.9 Å². The maximum absolute atomic E-state index is 9.21. The Morgan fingerprint density at radius 3 is 2.54 bits per heavy atom. The van der Waals surface area contributed by atoms with Gasteiger partial charge < -0.3 is 43.7 Å². The van der Waals surface area contributed by atoms with E-state index in [1.807, 2.05) is 33.8 Å². The fraction of sp³-hybridized carbons (Fsp3) is 0.667. The molecule has 4 aliphatic rings. The number of hydrogen-bond acceptors (Lipinski definition) is 12. The first-order chi connectivity index (χ1) is 18.7. The largest absolute Gasteiger partial charge is 0.460 e. The van der Waals surface area contributed by atoms with Crippen molar-refractivity contribution in [2.75, 3.05) is 36.5 Å². The van der Waals surface area contributed by atoms with Gasteiger partial charge in [-0.25, -0.2) is 0 Å². The van der Waals surface area contributed by atoms with Crippen LogP contribution in [-0.2, 0) is 36.6 Å². The van der Waals surface area contributed by atoms with Crippen LogP contribution in [0.15, 0.2) is 24.3 Å². The smallest absolute Gasteiger partial charge is 0.323 e. The minimum absolute atomic E-state index is 0.0714. The number of nitrogens with zero attached hydrogens (tertiary/aromatic N) is 4. The monoisotopic (exact) mass is 543 g/mol. The van der Waals surface area contributed by atoms with Gasteiger partial charge in [0.2, 0.25) is 11.9 Å². The number of nitrogens with one attached hydrogen (secondary N) is 1. The first kappa shape index (κ1) is 26.6. The first-order valence-corrected chi connectivity index (χ1v) is 13.6. The van der Waals surface area contributed by atoms with E-state index in [9.17, 15) is 5.11 Å². The molecule has 212 valence electrons. The van der Waals surface area contributed by atoms with E-state index in [0.717, 1.165) is 13.0 Å². The van der Waals surface area contributed by atoms with Gasteiger partial charge >= 0.3 is 6.01 Å². The lowest BCUT2D eigenvalue weighted by atomic mass is 9.99. The predicted octanol–water partition coefficient (Wildman–Crippen LogP) is 2.00. The van der Waals surface area contributed by atoms with Crippen LogP contribution in [0.25, 0.3) is 0 Å².